The van der Waals surface area contributed by atoms with E-state index in [0.717, 1.165) is 17.1 Å². The molecule has 9 aromatic carbocycles. The molecule has 0 heterocycles. The van der Waals surface area contributed by atoms with Crippen LogP contribution in [0.1, 0.15) is 0 Å². The third kappa shape index (κ3) is 4.81. The van der Waals surface area contributed by atoms with Crippen molar-refractivity contribution in [1.82, 2.24) is 0 Å². The van der Waals surface area contributed by atoms with E-state index in [-0.39, 0.29) is 0 Å². The first-order valence-corrected chi connectivity index (χ1v) is 16.2. The summed E-state index contributed by atoms with van der Waals surface area (Å²) >= 11 is 0. The Balaban J connectivity index is 1.23. The van der Waals surface area contributed by atoms with Crippen LogP contribution in [0.15, 0.2) is 188 Å². The van der Waals surface area contributed by atoms with Crippen LogP contribution >= 0.6 is 0 Å². The van der Waals surface area contributed by atoms with E-state index in [9.17, 15) is 0 Å². The Hall–Kier alpha value is -6.18. The molecule has 9 aromatic rings. The predicted molar refractivity (Wildman–Crippen MR) is 202 cm³/mol. The normalized spacial score (nSPS) is 11.4. The quantitative estimate of drug-likeness (QED) is 0.178. The van der Waals surface area contributed by atoms with Gasteiger partial charge in [0.2, 0.25) is 0 Å². The molecule has 0 unspecified atom stereocenters. The minimum absolute atomic E-state index is 1.11. The van der Waals surface area contributed by atoms with Gasteiger partial charge in [0.05, 0.1) is 0 Å². The standard InChI is InChI=1S/C46H31N/c1-2-11-32(12-3-1)36-15-10-16-39(30-36)47(38-25-23-34(24-26-38)37-22-21-33-13-4-5-14-35(33)29-37)40-27-28-45-43-19-7-6-17-41(43)42-18-8-9-20-44(42)46(45)31-40/h1-31H. The van der Waals surface area contributed by atoms with Gasteiger partial charge >= 0.3 is 0 Å². The van der Waals surface area contributed by atoms with Crippen molar-refractivity contribution in [3.05, 3.63) is 188 Å². The molecule has 0 bridgehead atoms. The molecule has 0 radical (unpaired) electrons. The van der Waals surface area contributed by atoms with Gasteiger partial charge in [-0.3, -0.25) is 0 Å². The van der Waals surface area contributed by atoms with Gasteiger partial charge < -0.3 is 4.90 Å². The molecular weight excluding hydrogens is 567 g/mol. The highest BCUT2D eigenvalue weighted by Crippen LogP contribution is 2.42. The second-order valence-corrected chi connectivity index (χ2v) is 12.2. The molecule has 0 aromatic heterocycles. The summed E-state index contributed by atoms with van der Waals surface area (Å²) in [6, 6.07) is 68.3. The van der Waals surface area contributed by atoms with Crippen molar-refractivity contribution in [2.45, 2.75) is 0 Å². The van der Waals surface area contributed by atoms with Gasteiger partial charge in [-0.2, -0.15) is 0 Å². The molecule has 0 amide bonds. The summed E-state index contributed by atoms with van der Waals surface area (Å²) < 4.78 is 0. The Morgan fingerprint density at radius 2 is 0.723 bits per heavy atom. The number of fused-ring (bicyclic) bond motifs is 7. The Kier molecular flexibility index (Phi) is 6.54. The van der Waals surface area contributed by atoms with Gasteiger partial charge in [0.25, 0.3) is 0 Å². The average molecular weight is 598 g/mol. The molecule has 0 aliphatic rings. The molecule has 0 spiro atoms. The first-order valence-electron chi connectivity index (χ1n) is 16.2. The zero-order valence-corrected chi connectivity index (χ0v) is 25.8. The zero-order valence-electron chi connectivity index (χ0n) is 25.8. The highest BCUT2D eigenvalue weighted by Gasteiger charge is 2.16. The molecule has 1 heteroatoms. The summed E-state index contributed by atoms with van der Waals surface area (Å²) in [7, 11) is 0. The van der Waals surface area contributed by atoms with Gasteiger partial charge in [-0.25, -0.2) is 0 Å². The topological polar surface area (TPSA) is 3.24 Å². The summed E-state index contributed by atoms with van der Waals surface area (Å²) in [4.78, 5) is 2.39. The second kappa shape index (κ2) is 11.3. The minimum atomic E-state index is 1.11. The number of benzene rings is 9. The van der Waals surface area contributed by atoms with E-state index in [0.29, 0.717) is 0 Å². The van der Waals surface area contributed by atoms with Gasteiger partial charge in [-0.05, 0) is 108 Å². The van der Waals surface area contributed by atoms with Crippen molar-refractivity contribution < 1.29 is 0 Å². The number of hydrogen-bond donors (Lipinski definition) is 0. The smallest absolute Gasteiger partial charge is 0.0468 e. The maximum Gasteiger partial charge on any atom is 0.0468 e. The summed E-state index contributed by atoms with van der Waals surface area (Å²) in [5.74, 6) is 0. The molecule has 0 fully saturated rings. The van der Waals surface area contributed by atoms with Crippen molar-refractivity contribution >= 4 is 60.2 Å². The van der Waals surface area contributed by atoms with E-state index >= 15 is 0 Å². The van der Waals surface area contributed by atoms with Crippen LogP contribution in [-0.4, -0.2) is 0 Å². The van der Waals surface area contributed by atoms with E-state index in [1.165, 1.54) is 65.3 Å². The largest absolute Gasteiger partial charge is 0.310 e. The molecule has 0 saturated carbocycles. The lowest BCUT2D eigenvalue weighted by Crippen LogP contribution is -2.10. The van der Waals surface area contributed by atoms with Crippen molar-refractivity contribution in [3.63, 3.8) is 0 Å². The van der Waals surface area contributed by atoms with Crippen LogP contribution in [0, 0.1) is 0 Å². The molecule has 47 heavy (non-hydrogen) atoms. The third-order valence-corrected chi connectivity index (χ3v) is 9.41. The van der Waals surface area contributed by atoms with Gasteiger partial charge in [0.1, 0.15) is 0 Å². The Morgan fingerprint density at radius 3 is 1.45 bits per heavy atom. The minimum Gasteiger partial charge on any atom is -0.310 e. The maximum absolute atomic E-state index is 2.39. The number of hydrogen-bond acceptors (Lipinski definition) is 1. The Bertz CT molecular complexity index is 2530. The maximum atomic E-state index is 2.39. The molecule has 9 rings (SSSR count). The zero-order chi connectivity index (χ0) is 31.2. The van der Waals surface area contributed by atoms with E-state index < -0.39 is 0 Å². The van der Waals surface area contributed by atoms with Crippen LogP contribution < -0.4 is 4.90 Å². The van der Waals surface area contributed by atoms with Crippen molar-refractivity contribution in [2.24, 2.45) is 0 Å². The SMILES string of the molecule is c1ccc(-c2cccc(N(c3ccc(-c4ccc5ccccc5c4)cc3)c3ccc4c5ccccc5c5ccccc5c4c3)c2)cc1. The van der Waals surface area contributed by atoms with Gasteiger partial charge in [0, 0.05) is 17.1 Å². The van der Waals surface area contributed by atoms with Gasteiger partial charge in [-0.1, -0.05) is 146 Å². The van der Waals surface area contributed by atoms with Crippen molar-refractivity contribution in [3.8, 4) is 22.3 Å². The van der Waals surface area contributed by atoms with Gasteiger partial charge in [0.15, 0.2) is 0 Å². The summed E-state index contributed by atoms with van der Waals surface area (Å²) in [6.07, 6.45) is 0. The molecule has 1 nitrogen and oxygen atoms in total. The lowest BCUT2D eigenvalue weighted by atomic mass is 9.94. The molecule has 0 atom stereocenters. The molecule has 0 saturated heterocycles. The first kappa shape index (κ1) is 27.2. The number of anilines is 3. The number of nitrogens with zero attached hydrogens (tertiary/aromatic N) is 1. The van der Waals surface area contributed by atoms with Gasteiger partial charge in [-0.15, -0.1) is 0 Å². The highest BCUT2D eigenvalue weighted by atomic mass is 15.1. The summed E-state index contributed by atoms with van der Waals surface area (Å²) in [5.41, 5.74) is 8.18. The monoisotopic (exact) mass is 597 g/mol. The number of rotatable bonds is 5. The van der Waals surface area contributed by atoms with Crippen LogP contribution in [0.25, 0.3) is 65.3 Å². The first-order chi connectivity index (χ1) is 23.3. The fourth-order valence-electron chi connectivity index (χ4n) is 7.11. The Morgan fingerprint density at radius 1 is 0.234 bits per heavy atom. The van der Waals surface area contributed by atoms with Crippen LogP contribution in [0.3, 0.4) is 0 Å². The van der Waals surface area contributed by atoms with Crippen LogP contribution in [0.5, 0.6) is 0 Å². The third-order valence-electron chi connectivity index (χ3n) is 9.41. The fraction of sp³-hybridized carbons (Fsp3) is 0. The lowest BCUT2D eigenvalue weighted by Gasteiger charge is -2.27. The van der Waals surface area contributed by atoms with Crippen molar-refractivity contribution in [1.29, 1.82) is 0 Å². The van der Waals surface area contributed by atoms with Crippen LogP contribution in [0.2, 0.25) is 0 Å². The van der Waals surface area contributed by atoms with E-state index in [1.807, 2.05) is 0 Å². The molecule has 0 aliphatic heterocycles. The van der Waals surface area contributed by atoms with Crippen molar-refractivity contribution in [2.75, 3.05) is 4.90 Å². The summed E-state index contributed by atoms with van der Waals surface area (Å²) in [6.45, 7) is 0. The molecule has 0 N–H and O–H groups in total. The van der Waals surface area contributed by atoms with E-state index in [1.54, 1.807) is 0 Å². The predicted octanol–water partition coefficient (Wildman–Crippen LogP) is 13.1. The van der Waals surface area contributed by atoms with E-state index in [2.05, 4.69) is 193 Å². The molecule has 220 valence electrons. The Labute approximate surface area is 274 Å². The molecular formula is C46H31N. The highest BCUT2D eigenvalue weighted by molar-refractivity contribution is 6.25. The average Bonchev–Trinajstić information content (AvgIpc) is 3.15. The lowest BCUT2D eigenvalue weighted by molar-refractivity contribution is 1.29. The summed E-state index contributed by atoms with van der Waals surface area (Å²) in [5, 5.41) is 10.2. The van der Waals surface area contributed by atoms with E-state index in [4.69, 9.17) is 0 Å². The fourth-order valence-corrected chi connectivity index (χ4v) is 7.11. The van der Waals surface area contributed by atoms with Crippen LogP contribution in [-0.2, 0) is 0 Å². The molecule has 0 aliphatic carbocycles. The van der Waals surface area contributed by atoms with Crippen LogP contribution in [0.4, 0.5) is 17.1 Å². The second-order valence-electron chi connectivity index (χ2n) is 12.2.